The van der Waals surface area contributed by atoms with Crippen molar-refractivity contribution in [1.82, 2.24) is 0 Å². The van der Waals surface area contributed by atoms with Gasteiger partial charge in [-0.15, -0.1) is 0 Å². The summed E-state index contributed by atoms with van der Waals surface area (Å²) in [7, 11) is -12.3. The molecule has 0 aliphatic carbocycles. The first kappa shape index (κ1) is 57.2. The molecule has 2 atom stereocenters. The van der Waals surface area contributed by atoms with Gasteiger partial charge in [-0.25, -0.2) is 4.79 Å². The second-order valence-corrected chi connectivity index (χ2v) is 51.1. The maximum atomic E-state index is 14.4. The van der Waals surface area contributed by atoms with E-state index in [-0.39, 0.29) is 25.2 Å². The molecule has 4 aromatic rings. The van der Waals surface area contributed by atoms with Crippen LogP contribution in [0.1, 0.15) is 121 Å². The zero-order chi connectivity index (χ0) is 53.2. The van der Waals surface area contributed by atoms with Crippen LogP contribution in [0.25, 0.3) is 10.8 Å². The summed E-state index contributed by atoms with van der Waals surface area (Å²) in [5, 5.41) is 4.61. The number of carbonyl (C=O) groups excluding carboxylic acids is 1. The summed E-state index contributed by atoms with van der Waals surface area (Å²) in [5.74, 6) is 3.89. The van der Waals surface area contributed by atoms with Gasteiger partial charge in [-0.1, -0.05) is 134 Å². The number of hydrogen-bond acceptors (Lipinski definition) is 8. The van der Waals surface area contributed by atoms with E-state index < -0.39 is 59.9 Å². The first-order valence-corrected chi connectivity index (χ1v) is 39.9. The molecule has 0 aromatic heterocycles. The fraction of sp³-hybridized carbons (Fsp3) is 0.589. The molecule has 70 heavy (non-hydrogen) atoms. The third-order valence-electron chi connectivity index (χ3n) is 16.6. The molecule has 0 unspecified atom stereocenters. The van der Waals surface area contributed by atoms with Crippen LogP contribution in [0.5, 0.6) is 34.5 Å². The number of hydrogen-bond donors (Lipinski definition) is 1. The van der Waals surface area contributed by atoms with E-state index in [1.54, 1.807) is 0 Å². The Morgan fingerprint density at radius 1 is 0.514 bits per heavy atom. The molecular formula is C56H91NO8Si5. The van der Waals surface area contributed by atoms with E-state index >= 15 is 0 Å². The molecule has 0 fully saturated rings. The molecule has 14 heteroatoms. The quantitative estimate of drug-likeness (QED) is 0.132. The minimum atomic E-state index is -2.51. The monoisotopic (exact) mass is 1050 g/mol. The van der Waals surface area contributed by atoms with Crippen molar-refractivity contribution in [3.63, 3.8) is 0 Å². The predicted octanol–water partition coefficient (Wildman–Crippen LogP) is 18.1. The molecule has 5 rings (SSSR count). The maximum absolute atomic E-state index is 14.4. The van der Waals surface area contributed by atoms with Gasteiger partial charge in [-0.2, -0.15) is 0 Å². The van der Waals surface area contributed by atoms with Gasteiger partial charge in [0.2, 0.25) is 16.6 Å². The summed E-state index contributed by atoms with van der Waals surface area (Å²) in [6.07, 6.45) is -1.88. The topological polar surface area (TPSA) is 93.7 Å². The Bertz CT molecular complexity index is 2490. The van der Waals surface area contributed by atoms with E-state index in [0.29, 0.717) is 46.6 Å². The molecule has 1 N–H and O–H groups in total. The summed E-state index contributed by atoms with van der Waals surface area (Å²) in [4.78, 5) is 14.4. The zero-order valence-electron chi connectivity index (χ0n) is 48.0. The Balaban J connectivity index is 1.82. The molecule has 1 aliphatic rings. The van der Waals surface area contributed by atoms with Crippen molar-refractivity contribution in [3.05, 3.63) is 77.9 Å². The summed E-state index contributed by atoms with van der Waals surface area (Å²) in [6.45, 7) is 56.2. The van der Waals surface area contributed by atoms with Crippen molar-refractivity contribution in [3.8, 4) is 34.5 Å². The lowest BCUT2D eigenvalue weighted by Gasteiger charge is -2.42. The fourth-order valence-corrected chi connectivity index (χ4v) is 11.7. The number of benzene rings is 4. The van der Waals surface area contributed by atoms with Crippen LogP contribution in [0.2, 0.25) is 90.7 Å². The van der Waals surface area contributed by atoms with Crippen molar-refractivity contribution in [2.75, 3.05) is 5.32 Å². The maximum Gasteiger partial charge on any atom is 0.412 e. The third kappa shape index (κ3) is 12.7. The molecule has 0 radical (unpaired) electrons. The number of fused-ring (bicyclic) bond motifs is 2. The zero-order valence-corrected chi connectivity index (χ0v) is 53.0. The number of ether oxygens (including phenoxy) is 2. The van der Waals surface area contributed by atoms with Crippen molar-refractivity contribution in [2.24, 2.45) is 0 Å². The van der Waals surface area contributed by atoms with Gasteiger partial charge in [0.1, 0.15) is 34.9 Å². The standard InChI is InChI=1S/C56H91NO8Si5/c1-52(2,3)66(16,17)61-42-35-44-43(45(36-42)62-67(18,19)53(4,5)6)37-46(60-51(58)57-41-31-30-38-28-26-27-29-39(38)32-41)49(59-44)40-33-47(63-68(20,21)54(7,8)9)50(65-70(24,25)56(13,14)15)48(34-40)64-69(22,23)55(10,11)12/h26-36,46,49H,37H2,1-25H3,(H,57,58)/t46-,49-/m1/s1. The fourth-order valence-electron chi connectivity index (χ4n) is 6.66. The van der Waals surface area contributed by atoms with Gasteiger partial charge in [0.25, 0.3) is 25.0 Å². The Kier molecular flexibility index (Phi) is 15.8. The number of anilines is 1. The lowest BCUT2D eigenvalue weighted by molar-refractivity contribution is 0.00820. The highest BCUT2D eigenvalue weighted by atomic mass is 28.4. The number of carbonyl (C=O) groups is 1. The molecule has 0 saturated carbocycles. The minimum absolute atomic E-state index is 0.0561. The van der Waals surface area contributed by atoms with E-state index in [2.05, 4.69) is 193 Å². The van der Waals surface area contributed by atoms with E-state index in [0.717, 1.165) is 21.9 Å². The van der Waals surface area contributed by atoms with Crippen molar-refractivity contribution < 1.29 is 36.4 Å². The summed E-state index contributed by atoms with van der Waals surface area (Å²) in [6, 6.07) is 22.1. The van der Waals surface area contributed by atoms with Crippen LogP contribution in [0, 0.1) is 0 Å². The summed E-state index contributed by atoms with van der Waals surface area (Å²) >= 11 is 0. The van der Waals surface area contributed by atoms with Gasteiger partial charge >= 0.3 is 6.09 Å². The molecule has 388 valence electrons. The molecule has 0 spiro atoms. The van der Waals surface area contributed by atoms with Gasteiger partial charge in [0.15, 0.2) is 11.9 Å². The number of nitrogens with one attached hydrogen (secondary N) is 1. The van der Waals surface area contributed by atoms with Crippen LogP contribution in [-0.2, 0) is 11.2 Å². The highest BCUT2D eigenvalue weighted by Crippen LogP contribution is 2.53. The van der Waals surface area contributed by atoms with Crippen molar-refractivity contribution in [2.45, 2.75) is 213 Å². The first-order chi connectivity index (χ1) is 31.5. The highest BCUT2D eigenvalue weighted by Gasteiger charge is 2.48. The average molecular weight is 1050 g/mol. The van der Waals surface area contributed by atoms with E-state index in [9.17, 15) is 4.79 Å². The Hall–Kier alpha value is -3.71. The lowest BCUT2D eigenvalue weighted by Crippen LogP contribution is -2.47. The van der Waals surface area contributed by atoms with E-state index in [1.807, 2.05) is 48.5 Å². The lowest BCUT2D eigenvalue weighted by atomic mass is 9.93. The first-order valence-electron chi connectivity index (χ1n) is 25.4. The van der Waals surface area contributed by atoms with Gasteiger partial charge in [-0.3, -0.25) is 5.32 Å². The smallest absolute Gasteiger partial charge is 0.412 e. The van der Waals surface area contributed by atoms with E-state index in [4.69, 9.17) is 31.6 Å². The van der Waals surface area contributed by atoms with Crippen LogP contribution in [0.15, 0.2) is 66.7 Å². The van der Waals surface area contributed by atoms with Crippen LogP contribution in [-0.4, -0.2) is 53.8 Å². The van der Waals surface area contributed by atoms with Crippen LogP contribution >= 0.6 is 0 Å². The molecule has 1 amide bonds. The average Bonchev–Trinajstić information content (AvgIpc) is 3.16. The molecule has 9 nitrogen and oxygen atoms in total. The van der Waals surface area contributed by atoms with Gasteiger partial charge in [-0.05, 0) is 126 Å². The molecule has 0 bridgehead atoms. The van der Waals surface area contributed by atoms with Crippen molar-refractivity contribution >= 4 is 64.1 Å². The molecular weight excluding hydrogens is 955 g/mol. The summed E-state index contributed by atoms with van der Waals surface area (Å²) < 4.78 is 50.5. The largest absolute Gasteiger partial charge is 0.543 e. The SMILES string of the molecule is CC(C)(C)[Si](C)(C)Oc1cc2c(c(O[Si](C)(C)C(C)(C)C)c1)C[C@@H](OC(=O)Nc1ccc3ccccc3c1)[C@@H](c1cc(O[Si](C)(C)C(C)(C)C)c(O[Si](C)(C)C(C)(C)C)c(O[Si](C)(C)C(C)(C)C)c1)O2. The molecule has 1 heterocycles. The Morgan fingerprint density at radius 3 is 1.41 bits per heavy atom. The molecule has 0 saturated heterocycles. The van der Waals surface area contributed by atoms with Crippen LogP contribution in [0.3, 0.4) is 0 Å². The molecule has 4 aromatic carbocycles. The Morgan fingerprint density at radius 2 is 0.943 bits per heavy atom. The minimum Gasteiger partial charge on any atom is -0.543 e. The van der Waals surface area contributed by atoms with E-state index in [1.165, 1.54) is 0 Å². The number of amides is 1. The highest BCUT2D eigenvalue weighted by molar-refractivity contribution is 6.77. The van der Waals surface area contributed by atoms with Crippen LogP contribution in [0.4, 0.5) is 10.5 Å². The van der Waals surface area contributed by atoms with Gasteiger partial charge in [0, 0.05) is 35.4 Å². The second kappa shape index (κ2) is 19.3. The predicted molar refractivity (Wildman–Crippen MR) is 307 cm³/mol. The van der Waals surface area contributed by atoms with Gasteiger partial charge in [0.05, 0.1) is 0 Å². The van der Waals surface area contributed by atoms with Crippen LogP contribution < -0.4 is 32.2 Å². The molecule has 1 aliphatic heterocycles. The third-order valence-corrected chi connectivity index (χ3v) is 38.3. The van der Waals surface area contributed by atoms with Gasteiger partial charge < -0.3 is 31.6 Å². The Labute approximate surface area is 429 Å². The summed E-state index contributed by atoms with van der Waals surface area (Å²) in [5.41, 5.74) is 2.22. The number of rotatable bonds is 13. The second-order valence-electron chi connectivity index (χ2n) is 27.4. The van der Waals surface area contributed by atoms with Crippen molar-refractivity contribution in [1.29, 1.82) is 0 Å². The normalized spacial score (nSPS) is 16.8.